The van der Waals surface area contributed by atoms with Crippen molar-refractivity contribution in [2.75, 3.05) is 33.2 Å². The van der Waals surface area contributed by atoms with Crippen molar-refractivity contribution in [3.05, 3.63) is 81.1 Å². The van der Waals surface area contributed by atoms with Crippen LogP contribution >= 0.6 is 0 Å². The number of para-hydroxylation sites is 1. The zero-order chi connectivity index (χ0) is 33.4. The van der Waals surface area contributed by atoms with Gasteiger partial charge in [-0.15, -0.1) is 0 Å². The van der Waals surface area contributed by atoms with Crippen LogP contribution in [0, 0.1) is 5.92 Å². The van der Waals surface area contributed by atoms with Gasteiger partial charge in [0.25, 0.3) is 0 Å². The van der Waals surface area contributed by atoms with E-state index in [1.165, 1.54) is 17.9 Å². The minimum Gasteiger partial charge on any atom is -0.493 e. The van der Waals surface area contributed by atoms with Gasteiger partial charge >= 0.3 is 0 Å². The number of carbonyl (C=O) groups is 2. The molecule has 1 aliphatic carbocycles. The number of aromatic amines is 1. The maximum atomic E-state index is 14.1. The summed E-state index contributed by atoms with van der Waals surface area (Å²) in [5, 5.41) is 7.57. The summed E-state index contributed by atoms with van der Waals surface area (Å²) in [6, 6.07) is 14.2. The van der Waals surface area contributed by atoms with E-state index in [-0.39, 0.29) is 23.2 Å². The van der Waals surface area contributed by atoms with E-state index in [0.717, 1.165) is 34.3 Å². The summed E-state index contributed by atoms with van der Waals surface area (Å²) < 4.78 is 17.2. The molecule has 0 saturated heterocycles. The van der Waals surface area contributed by atoms with Gasteiger partial charge in [0.2, 0.25) is 23.0 Å². The van der Waals surface area contributed by atoms with Crippen LogP contribution < -0.4 is 30.3 Å². The lowest BCUT2D eigenvalue weighted by atomic mass is 9.95. The van der Waals surface area contributed by atoms with Crippen molar-refractivity contribution in [1.29, 1.82) is 0 Å². The lowest BCUT2D eigenvalue weighted by molar-refractivity contribution is -0.134. The molecule has 0 spiro atoms. The molecule has 2 amide bonds. The third-order valence-electron chi connectivity index (χ3n) is 9.35. The number of amides is 2. The fourth-order valence-electron chi connectivity index (χ4n) is 7.09. The lowest BCUT2D eigenvalue weighted by Crippen LogP contribution is -2.47. The Balaban J connectivity index is 1.40. The molecule has 2 atom stereocenters. The summed E-state index contributed by atoms with van der Waals surface area (Å²) in [6.45, 7) is 6.50. The number of aryl methyl sites for hydroxylation is 1. The van der Waals surface area contributed by atoms with Crippen LogP contribution in [0.3, 0.4) is 0 Å². The molecule has 0 radical (unpaired) electrons. The second-order valence-electron chi connectivity index (χ2n) is 12.6. The van der Waals surface area contributed by atoms with Gasteiger partial charge in [0.1, 0.15) is 6.04 Å². The lowest BCUT2D eigenvalue weighted by Gasteiger charge is -2.32. The fourth-order valence-corrected chi connectivity index (χ4v) is 7.09. The number of aromatic nitrogens is 1. The molecule has 1 aliphatic heterocycles. The number of hydrogen-bond acceptors (Lipinski definition) is 7. The highest BCUT2D eigenvalue weighted by atomic mass is 16.5. The Morgan fingerprint density at radius 1 is 0.979 bits per heavy atom. The Kier molecular flexibility index (Phi) is 8.86. The van der Waals surface area contributed by atoms with Crippen molar-refractivity contribution in [1.82, 2.24) is 15.2 Å². The molecule has 0 unspecified atom stereocenters. The van der Waals surface area contributed by atoms with E-state index < -0.39 is 12.1 Å². The number of nitrogens with one attached hydrogen (secondary N) is 3. The number of ether oxygens (including phenoxy) is 3. The molecule has 3 aromatic carbocycles. The standard InChI is InChI=1S/C37H42N4O6/c1-20(2)34(37(44)41-16-15-24-23-9-7-8-10-27(23)39-30(24)19-41)40-29-14-12-25-26(18-31(29)43)28(38-21(3)42)13-11-22-17-32(45-4)35(46-5)36(47-6)33(22)25/h7-10,12,14,17-18,20,28,34,39H,11,13,15-16,19H2,1-6H3,(H,38,42)(H,40,43)/t28-,34-/m0/s1. The van der Waals surface area contributed by atoms with Crippen LogP contribution in [-0.2, 0) is 29.0 Å². The SMILES string of the molecule is COc1cc2c(c(OC)c1OC)-c1ccc(N[C@H](C(=O)N3CCc4c([nH]c5ccccc45)C3)C(C)C)c(=O)cc1[C@@H](NC(C)=O)CC2. The van der Waals surface area contributed by atoms with Crippen molar-refractivity contribution in [2.45, 2.75) is 58.7 Å². The number of carbonyl (C=O) groups excluding carboxylic acids is 2. The van der Waals surface area contributed by atoms with Gasteiger partial charge in [0.15, 0.2) is 11.5 Å². The van der Waals surface area contributed by atoms with Gasteiger partial charge in [0, 0.05) is 35.6 Å². The summed E-state index contributed by atoms with van der Waals surface area (Å²) in [5.74, 6) is 1.10. The Hall–Kier alpha value is -4.99. The molecular formula is C37H42N4O6. The molecule has 4 aromatic rings. The second kappa shape index (κ2) is 13.0. The zero-order valence-electron chi connectivity index (χ0n) is 27.8. The molecule has 0 saturated carbocycles. The first-order valence-corrected chi connectivity index (χ1v) is 16.1. The van der Waals surface area contributed by atoms with Gasteiger partial charge in [-0.25, -0.2) is 0 Å². The summed E-state index contributed by atoms with van der Waals surface area (Å²) in [6.07, 6.45) is 1.92. The Morgan fingerprint density at radius 2 is 1.74 bits per heavy atom. The average Bonchev–Trinajstić information content (AvgIpc) is 3.27. The molecule has 10 heteroatoms. The fraction of sp³-hybridized carbons (Fsp3) is 0.378. The average molecular weight is 639 g/mol. The second-order valence-corrected chi connectivity index (χ2v) is 12.6. The minimum atomic E-state index is -0.631. The van der Waals surface area contributed by atoms with E-state index in [9.17, 15) is 14.4 Å². The van der Waals surface area contributed by atoms with Gasteiger partial charge in [-0.2, -0.15) is 0 Å². The number of H-pyrrole nitrogens is 1. The number of nitrogens with zero attached hydrogens (tertiary/aromatic N) is 1. The summed E-state index contributed by atoms with van der Waals surface area (Å²) in [4.78, 5) is 45.7. The van der Waals surface area contributed by atoms with Crippen LogP contribution in [0.4, 0.5) is 5.69 Å². The molecule has 10 nitrogen and oxygen atoms in total. The topological polar surface area (TPSA) is 122 Å². The van der Waals surface area contributed by atoms with Crippen LogP contribution in [-0.4, -0.2) is 55.6 Å². The number of rotatable bonds is 8. The highest BCUT2D eigenvalue weighted by molar-refractivity contribution is 5.88. The van der Waals surface area contributed by atoms with Gasteiger partial charge in [-0.1, -0.05) is 38.1 Å². The van der Waals surface area contributed by atoms with Gasteiger partial charge in [-0.05, 0) is 71.7 Å². The molecule has 246 valence electrons. The number of fused-ring (bicyclic) bond motifs is 6. The highest BCUT2D eigenvalue weighted by Gasteiger charge is 2.33. The molecule has 0 bridgehead atoms. The first kappa shape index (κ1) is 32.0. The maximum Gasteiger partial charge on any atom is 0.245 e. The minimum absolute atomic E-state index is 0.0586. The number of methoxy groups -OCH3 is 3. The van der Waals surface area contributed by atoms with E-state index in [0.29, 0.717) is 54.4 Å². The van der Waals surface area contributed by atoms with Crippen molar-refractivity contribution in [3.8, 4) is 28.4 Å². The molecule has 3 N–H and O–H groups in total. The third-order valence-corrected chi connectivity index (χ3v) is 9.35. The quantitative estimate of drug-likeness (QED) is 0.237. The third kappa shape index (κ3) is 5.88. The van der Waals surface area contributed by atoms with Gasteiger partial charge in [-0.3, -0.25) is 14.4 Å². The normalized spacial score (nSPS) is 16.0. The summed E-state index contributed by atoms with van der Waals surface area (Å²) in [7, 11) is 4.70. The molecule has 2 aliphatic rings. The Labute approximate surface area is 274 Å². The van der Waals surface area contributed by atoms with E-state index in [1.54, 1.807) is 33.5 Å². The first-order valence-electron chi connectivity index (χ1n) is 16.1. The van der Waals surface area contributed by atoms with Crippen molar-refractivity contribution in [2.24, 2.45) is 5.92 Å². The molecule has 47 heavy (non-hydrogen) atoms. The molecule has 0 fully saturated rings. The van der Waals surface area contributed by atoms with E-state index in [2.05, 4.69) is 27.8 Å². The van der Waals surface area contributed by atoms with E-state index >= 15 is 0 Å². The highest BCUT2D eigenvalue weighted by Crippen LogP contribution is 2.50. The van der Waals surface area contributed by atoms with Crippen molar-refractivity contribution in [3.63, 3.8) is 0 Å². The van der Waals surface area contributed by atoms with Crippen molar-refractivity contribution < 1.29 is 23.8 Å². The Morgan fingerprint density at radius 3 is 2.45 bits per heavy atom. The predicted octanol–water partition coefficient (Wildman–Crippen LogP) is 5.37. The van der Waals surface area contributed by atoms with E-state index in [1.807, 2.05) is 43.0 Å². The van der Waals surface area contributed by atoms with E-state index in [4.69, 9.17) is 14.2 Å². The van der Waals surface area contributed by atoms with Crippen LogP contribution in [0.25, 0.3) is 22.0 Å². The number of anilines is 1. The van der Waals surface area contributed by atoms with Crippen molar-refractivity contribution >= 4 is 28.4 Å². The van der Waals surface area contributed by atoms with Crippen LogP contribution in [0.15, 0.2) is 53.3 Å². The largest absolute Gasteiger partial charge is 0.493 e. The van der Waals surface area contributed by atoms with Gasteiger partial charge < -0.3 is 34.7 Å². The number of benzene rings is 2. The smallest absolute Gasteiger partial charge is 0.245 e. The molecule has 6 rings (SSSR count). The van der Waals surface area contributed by atoms with Crippen LogP contribution in [0.1, 0.15) is 55.6 Å². The first-order chi connectivity index (χ1) is 22.6. The van der Waals surface area contributed by atoms with Crippen LogP contribution in [0.2, 0.25) is 0 Å². The molecule has 2 heterocycles. The summed E-state index contributed by atoms with van der Waals surface area (Å²) in [5.41, 5.74) is 6.52. The summed E-state index contributed by atoms with van der Waals surface area (Å²) >= 11 is 0. The van der Waals surface area contributed by atoms with Crippen LogP contribution in [0.5, 0.6) is 17.2 Å². The molecule has 1 aromatic heterocycles. The number of hydrogen-bond donors (Lipinski definition) is 3. The molecular weight excluding hydrogens is 596 g/mol. The monoisotopic (exact) mass is 638 g/mol. The maximum absolute atomic E-state index is 14.1. The predicted molar refractivity (Wildman–Crippen MR) is 182 cm³/mol. The zero-order valence-corrected chi connectivity index (χ0v) is 27.8. The Bertz CT molecular complexity index is 1920. The van der Waals surface area contributed by atoms with Gasteiger partial charge in [0.05, 0.1) is 39.6 Å².